The van der Waals surface area contributed by atoms with Gasteiger partial charge >= 0.3 is 5.97 Å². The molecule has 0 aliphatic rings. The maximum atomic E-state index is 11.3. The molecule has 0 aliphatic carbocycles. The molecule has 0 heterocycles. The van der Waals surface area contributed by atoms with Gasteiger partial charge in [0, 0.05) is 0 Å². The zero-order valence-electron chi connectivity index (χ0n) is 9.84. The average molecular weight is 200 g/mol. The van der Waals surface area contributed by atoms with Crippen LogP contribution in [0.25, 0.3) is 0 Å². The van der Waals surface area contributed by atoms with Crippen LogP contribution in [0.1, 0.15) is 59.3 Å². The Morgan fingerprint density at radius 1 is 1.14 bits per heavy atom. The van der Waals surface area contributed by atoms with Crippen molar-refractivity contribution in [2.75, 3.05) is 6.61 Å². The van der Waals surface area contributed by atoms with Crippen molar-refractivity contribution < 1.29 is 9.53 Å². The minimum Gasteiger partial charge on any atom is -0.465 e. The topological polar surface area (TPSA) is 26.3 Å². The molecule has 1 unspecified atom stereocenters. The maximum Gasteiger partial charge on any atom is 0.308 e. The summed E-state index contributed by atoms with van der Waals surface area (Å²) in [6.07, 6.45) is 6.63. The van der Waals surface area contributed by atoms with E-state index in [2.05, 4.69) is 13.8 Å². The quantitative estimate of drug-likeness (QED) is 0.442. The van der Waals surface area contributed by atoms with Crippen molar-refractivity contribution in [3.8, 4) is 0 Å². The number of hydrogen-bond acceptors (Lipinski definition) is 2. The zero-order chi connectivity index (χ0) is 10.8. The van der Waals surface area contributed by atoms with E-state index in [1.807, 2.05) is 6.92 Å². The fourth-order valence-electron chi connectivity index (χ4n) is 1.39. The van der Waals surface area contributed by atoms with Gasteiger partial charge in [-0.15, -0.1) is 0 Å². The van der Waals surface area contributed by atoms with Crippen LogP contribution in [-0.2, 0) is 9.53 Å². The van der Waals surface area contributed by atoms with E-state index in [9.17, 15) is 4.79 Å². The molecule has 0 rings (SSSR count). The van der Waals surface area contributed by atoms with Crippen LogP contribution in [-0.4, -0.2) is 12.6 Å². The Bertz CT molecular complexity index is 143. The second-order valence-corrected chi connectivity index (χ2v) is 3.92. The molecule has 1 atom stereocenters. The van der Waals surface area contributed by atoms with Crippen LogP contribution in [0, 0.1) is 5.92 Å². The minimum atomic E-state index is -0.0247. The highest BCUT2D eigenvalue weighted by atomic mass is 16.5. The lowest BCUT2D eigenvalue weighted by Crippen LogP contribution is -2.15. The van der Waals surface area contributed by atoms with E-state index in [-0.39, 0.29) is 11.9 Å². The van der Waals surface area contributed by atoms with E-state index in [0.717, 1.165) is 19.3 Å². The first-order valence-electron chi connectivity index (χ1n) is 5.89. The van der Waals surface area contributed by atoms with E-state index < -0.39 is 0 Å². The minimum absolute atomic E-state index is 0.0247. The fourth-order valence-corrected chi connectivity index (χ4v) is 1.39. The van der Waals surface area contributed by atoms with Crippen LogP contribution in [0.15, 0.2) is 0 Å². The van der Waals surface area contributed by atoms with Gasteiger partial charge in [0.05, 0.1) is 12.5 Å². The molecular formula is C12H24O2. The summed E-state index contributed by atoms with van der Waals surface area (Å²) in [5, 5.41) is 0. The first kappa shape index (κ1) is 13.5. The first-order chi connectivity index (χ1) is 6.72. The molecule has 0 fully saturated rings. The molecule has 0 N–H and O–H groups in total. The first-order valence-corrected chi connectivity index (χ1v) is 5.89. The predicted octanol–water partition coefficient (Wildman–Crippen LogP) is 3.55. The van der Waals surface area contributed by atoms with Gasteiger partial charge in [0.2, 0.25) is 0 Å². The monoisotopic (exact) mass is 200 g/mol. The summed E-state index contributed by atoms with van der Waals surface area (Å²) in [5.74, 6) is 0.0505. The molecule has 0 aromatic carbocycles. The normalized spacial score (nSPS) is 12.5. The standard InChI is InChI=1S/C12H24O2/c1-4-6-7-8-10-14-12(13)11(3)9-5-2/h11H,4-10H2,1-3H3. The molecule has 0 saturated carbocycles. The van der Waals surface area contributed by atoms with Crippen molar-refractivity contribution in [2.45, 2.75) is 59.3 Å². The molecule has 2 heteroatoms. The van der Waals surface area contributed by atoms with Gasteiger partial charge in [-0.25, -0.2) is 0 Å². The van der Waals surface area contributed by atoms with E-state index in [1.54, 1.807) is 0 Å². The Hall–Kier alpha value is -0.530. The summed E-state index contributed by atoms with van der Waals surface area (Å²) in [7, 11) is 0. The van der Waals surface area contributed by atoms with Crippen LogP contribution in [0.2, 0.25) is 0 Å². The number of esters is 1. The molecule has 0 radical (unpaired) electrons. The Balaban J connectivity index is 3.34. The average Bonchev–Trinajstić information content (AvgIpc) is 2.17. The predicted molar refractivity (Wildman–Crippen MR) is 59.2 cm³/mol. The van der Waals surface area contributed by atoms with Gasteiger partial charge < -0.3 is 4.74 Å². The van der Waals surface area contributed by atoms with Gasteiger partial charge in [-0.1, -0.05) is 46.5 Å². The van der Waals surface area contributed by atoms with E-state index in [1.165, 1.54) is 19.3 Å². The summed E-state index contributed by atoms with van der Waals surface area (Å²) in [5.41, 5.74) is 0. The fraction of sp³-hybridized carbons (Fsp3) is 0.917. The molecule has 0 spiro atoms. The second kappa shape index (κ2) is 9.04. The van der Waals surface area contributed by atoms with Crippen molar-refractivity contribution in [2.24, 2.45) is 5.92 Å². The Morgan fingerprint density at radius 3 is 2.43 bits per heavy atom. The van der Waals surface area contributed by atoms with Gasteiger partial charge in [-0.2, -0.15) is 0 Å². The van der Waals surface area contributed by atoms with Crippen LogP contribution in [0.4, 0.5) is 0 Å². The van der Waals surface area contributed by atoms with Gasteiger partial charge in [-0.3, -0.25) is 4.79 Å². The van der Waals surface area contributed by atoms with Crippen LogP contribution in [0.5, 0.6) is 0 Å². The Labute approximate surface area is 88.0 Å². The SMILES string of the molecule is CCCCCCOC(=O)C(C)CCC. The second-order valence-electron chi connectivity index (χ2n) is 3.92. The van der Waals surface area contributed by atoms with Crippen LogP contribution >= 0.6 is 0 Å². The van der Waals surface area contributed by atoms with Crippen LogP contribution < -0.4 is 0 Å². The van der Waals surface area contributed by atoms with Crippen molar-refractivity contribution in [1.29, 1.82) is 0 Å². The summed E-state index contributed by atoms with van der Waals surface area (Å²) in [6, 6.07) is 0. The molecule has 0 amide bonds. The summed E-state index contributed by atoms with van der Waals surface area (Å²) in [4.78, 5) is 11.3. The number of hydrogen-bond donors (Lipinski definition) is 0. The smallest absolute Gasteiger partial charge is 0.308 e. The molecule has 0 saturated heterocycles. The molecule has 14 heavy (non-hydrogen) atoms. The molecule has 0 aliphatic heterocycles. The lowest BCUT2D eigenvalue weighted by atomic mass is 10.1. The van der Waals surface area contributed by atoms with Crippen LogP contribution in [0.3, 0.4) is 0 Å². The van der Waals surface area contributed by atoms with Crippen molar-refractivity contribution >= 4 is 5.97 Å². The number of carbonyl (C=O) groups excluding carboxylic acids is 1. The lowest BCUT2D eigenvalue weighted by Gasteiger charge is -2.09. The van der Waals surface area contributed by atoms with E-state index in [4.69, 9.17) is 4.74 Å². The Morgan fingerprint density at radius 2 is 1.86 bits per heavy atom. The van der Waals surface area contributed by atoms with Crippen molar-refractivity contribution in [3.05, 3.63) is 0 Å². The third-order valence-electron chi connectivity index (χ3n) is 2.37. The number of carbonyl (C=O) groups is 1. The Kier molecular flexibility index (Phi) is 8.70. The van der Waals surface area contributed by atoms with Crippen molar-refractivity contribution in [1.82, 2.24) is 0 Å². The number of ether oxygens (including phenoxy) is 1. The number of unbranched alkanes of at least 4 members (excludes halogenated alkanes) is 3. The van der Waals surface area contributed by atoms with Gasteiger partial charge in [-0.05, 0) is 12.8 Å². The largest absolute Gasteiger partial charge is 0.465 e. The van der Waals surface area contributed by atoms with Gasteiger partial charge in [0.1, 0.15) is 0 Å². The summed E-state index contributed by atoms with van der Waals surface area (Å²) < 4.78 is 5.16. The molecule has 0 aromatic heterocycles. The van der Waals surface area contributed by atoms with Crippen molar-refractivity contribution in [3.63, 3.8) is 0 Å². The molecule has 0 aromatic rings. The summed E-state index contributed by atoms with van der Waals surface area (Å²) in [6.45, 7) is 6.81. The van der Waals surface area contributed by atoms with Gasteiger partial charge in [0.25, 0.3) is 0 Å². The summed E-state index contributed by atoms with van der Waals surface area (Å²) >= 11 is 0. The zero-order valence-corrected chi connectivity index (χ0v) is 9.84. The van der Waals surface area contributed by atoms with E-state index in [0.29, 0.717) is 6.61 Å². The molecule has 84 valence electrons. The third kappa shape index (κ3) is 6.93. The number of rotatable bonds is 8. The highest BCUT2D eigenvalue weighted by Gasteiger charge is 2.12. The lowest BCUT2D eigenvalue weighted by molar-refractivity contribution is -0.148. The maximum absolute atomic E-state index is 11.3. The van der Waals surface area contributed by atoms with Gasteiger partial charge in [0.15, 0.2) is 0 Å². The third-order valence-corrected chi connectivity index (χ3v) is 2.37. The highest BCUT2D eigenvalue weighted by Crippen LogP contribution is 2.08. The van der Waals surface area contributed by atoms with E-state index >= 15 is 0 Å². The highest BCUT2D eigenvalue weighted by molar-refractivity contribution is 5.71. The molecular weight excluding hydrogens is 176 g/mol. The molecule has 2 nitrogen and oxygen atoms in total. The molecule has 0 bridgehead atoms.